The molecule has 0 saturated heterocycles. The highest BCUT2D eigenvalue weighted by Crippen LogP contribution is 2.33. The molecule has 0 aliphatic carbocycles. The molecule has 8 heteroatoms. The molecule has 1 N–H and O–H groups in total. The lowest BCUT2D eigenvalue weighted by molar-refractivity contribution is -0.137. The van der Waals surface area contributed by atoms with Crippen molar-refractivity contribution < 1.29 is 27.8 Å². The molecule has 0 spiro atoms. The van der Waals surface area contributed by atoms with Crippen LogP contribution in [0.25, 0.3) is 10.6 Å². The van der Waals surface area contributed by atoms with Crippen LogP contribution in [0.5, 0.6) is 5.75 Å². The third-order valence-corrected chi connectivity index (χ3v) is 6.28. The number of ether oxygens (including phenoxy) is 1. The van der Waals surface area contributed by atoms with E-state index < -0.39 is 11.7 Å². The number of ketones is 1. The van der Waals surface area contributed by atoms with Gasteiger partial charge >= 0.3 is 6.18 Å². The highest BCUT2D eigenvalue weighted by atomic mass is 32.1. The number of aromatic nitrogens is 1. The van der Waals surface area contributed by atoms with Crippen molar-refractivity contribution in [2.45, 2.75) is 45.9 Å². The number of hydrogen-bond donors (Lipinski definition) is 1. The van der Waals surface area contributed by atoms with Crippen molar-refractivity contribution in [2.75, 3.05) is 6.61 Å². The number of aryl methyl sites for hydroxylation is 3. The maximum atomic E-state index is 12.8. The van der Waals surface area contributed by atoms with E-state index in [4.69, 9.17) is 9.84 Å². The topological polar surface area (TPSA) is 59.4 Å². The van der Waals surface area contributed by atoms with Gasteiger partial charge in [0.15, 0.2) is 5.78 Å². The lowest BCUT2D eigenvalue weighted by atomic mass is 10.0. The Hall–Kier alpha value is -2.71. The average molecular weight is 464 g/mol. The molecular weight excluding hydrogens is 439 g/mol. The van der Waals surface area contributed by atoms with Crippen LogP contribution in [0.4, 0.5) is 13.2 Å². The van der Waals surface area contributed by atoms with Gasteiger partial charge in [0, 0.05) is 22.4 Å². The van der Waals surface area contributed by atoms with Crippen molar-refractivity contribution in [2.24, 2.45) is 0 Å². The zero-order valence-corrected chi connectivity index (χ0v) is 18.8. The second-order valence-electron chi connectivity index (χ2n) is 7.62. The molecule has 170 valence electrons. The first-order valence-corrected chi connectivity index (χ1v) is 11.0. The van der Waals surface area contributed by atoms with E-state index in [1.807, 2.05) is 13.8 Å². The summed E-state index contributed by atoms with van der Waals surface area (Å²) in [5, 5.41) is 9.75. The summed E-state index contributed by atoms with van der Waals surface area (Å²) < 4.78 is 43.9. The van der Waals surface area contributed by atoms with Gasteiger partial charge in [-0.25, -0.2) is 4.98 Å². The second kappa shape index (κ2) is 9.83. The SMILES string of the molecule is Cc1cc(C(=O)CCc2sc(-c3ccc(C(F)(F)F)cc3)nc2C)ccc1OC(C)CO. The Morgan fingerprint density at radius 1 is 1.16 bits per heavy atom. The fraction of sp³-hybridized carbons (Fsp3) is 0.333. The maximum absolute atomic E-state index is 12.8. The summed E-state index contributed by atoms with van der Waals surface area (Å²) in [5.74, 6) is 0.612. The number of carbonyl (C=O) groups is 1. The van der Waals surface area contributed by atoms with Gasteiger partial charge in [0.25, 0.3) is 0 Å². The number of rotatable bonds is 8. The third kappa shape index (κ3) is 5.75. The summed E-state index contributed by atoms with van der Waals surface area (Å²) in [6, 6.07) is 10.1. The standard InChI is InChI=1S/C24H24F3NO3S/c1-14-12-18(6-10-21(14)31-15(2)13-29)20(30)9-11-22-16(3)28-23(32-22)17-4-7-19(8-5-17)24(25,26)27/h4-8,10,12,15,29H,9,11,13H2,1-3H3. The van der Waals surface area contributed by atoms with Crippen molar-refractivity contribution in [1.82, 2.24) is 4.98 Å². The van der Waals surface area contributed by atoms with Crippen molar-refractivity contribution in [3.8, 4) is 16.3 Å². The highest BCUT2D eigenvalue weighted by Gasteiger charge is 2.30. The molecular formula is C24H24F3NO3S. The molecule has 1 heterocycles. The molecule has 0 fully saturated rings. The summed E-state index contributed by atoms with van der Waals surface area (Å²) in [4.78, 5) is 18.1. The predicted octanol–water partition coefficient (Wildman–Crippen LogP) is 6.02. The quantitative estimate of drug-likeness (QED) is 0.415. The Kier molecular flexibility index (Phi) is 7.36. The van der Waals surface area contributed by atoms with Gasteiger partial charge in [0.2, 0.25) is 0 Å². The normalized spacial score (nSPS) is 12.6. The van der Waals surface area contributed by atoms with Gasteiger partial charge in [-0.3, -0.25) is 4.79 Å². The molecule has 3 rings (SSSR count). The van der Waals surface area contributed by atoms with Crippen LogP contribution in [0.2, 0.25) is 0 Å². The van der Waals surface area contributed by atoms with Crippen LogP contribution in [0.1, 0.15) is 45.4 Å². The lowest BCUT2D eigenvalue weighted by Gasteiger charge is -2.14. The highest BCUT2D eigenvalue weighted by molar-refractivity contribution is 7.15. The van der Waals surface area contributed by atoms with Gasteiger partial charge < -0.3 is 9.84 Å². The van der Waals surface area contributed by atoms with Gasteiger partial charge in [-0.05, 0) is 63.1 Å². The molecule has 1 unspecified atom stereocenters. The lowest BCUT2D eigenvalue weighted by Crippen LogP contribution is -2.16. The number of benzene rings is 2. The predicted molar refractivity (Wildman–Crippen MR) is 118 cm³/mol. The number of Topliss-reactive ketones (excluding diaryl/α,β-unsaturated/α-hetero) is 1. The van der Waals surface area contributed by atoms with Crippen LogP contribution in [-0.2, 0) is 12.6 Å². The molecule has 0 bridgehead atoms. The van der Waals surface area contributed by atoms with Crippen molar-refractivity contribution in [3.05, 3.63) is 69.7 Å². The Morgan fingerprint density at radius 2 is 1.84 bits per heavy atom. The van der Waals surface area contributed by atoms with Crippen LogP contribution >= 0.6 is 11.3 Å². The number of thiazole rings is 1. The van der Waals surface area contributed by atoms with Gasteiger partial charge in [-0.15, -0.1) is 11.3 Å². The molecule has 4 nitrogen and oxygen atoms in total. The summed E-state index contributed by atoms with van der Waals surface area (Å²) in [5.41, 5.74) is 2.09. The molecule has 2 aromatic carbocycles. The first-order valence-electron chi connectivity index (χ1n) is 10.1. The van der Waals surface area contributed by atoms with E-state index in [-0.39, 0.29) is 18.5 Å². The molecule has 32 heavy (non-hydrogen) atoms. The molecule has 0 aliphatic heterocycles. The summed E-state index contributed by atoms with van der Waals surface area (Å²) in [6.07, 6.45) is -3.91. The number of hydrogen-bond acceptors (Lipinski definition) is 5. The zero-order chi connectivity index (χ0) is 23.5. The van der Waals surface area contributed by atoms with E-state index in [1.54, 1.807) is 25.1 Å². The smallest absolute Gasteiger partial charge is 0.416 e. The third-order valence-electron chi connectivity index (χ3n) is 5.01. The fourth-order valence-electron chi connectivity index (χ4n) is 3.17. The Balaban J connectivity index is 1.67. The average Bonchev–Trinajstić information content (AvgIpc) is 3.13. The Morgan fingerprint density at radius 3 is 2.44 bits per heavy atom. The summed E-state index contributed by atoms with van der Waals surface area (Å²) >= 11 is 1.39. The number of halogens is 3. The fourth-order valence-corrected chi connectivity index (χ4v) is 4.23. The minimum atomic E-state index is -4.37. The van der Waals surface area contributed by atoms with E-state index in [2.05, 4.69) is 4.98 Å². The number of aliphatic hydroxyl groups is 1. The van der Waals surface area contributed by atoms with Crippen LogP contribution in [-0.4, -0.2) is 28.6 Å². The first-order chi connectivity index (χ1) is 15.1. The van der Waals surface area contributed by atoms with Crippen molar-refractivity contribution in [3.63, 3.8) is 0 Å². The Bertz CT molecular complexity index is 1090. The van der Waals surface area contributed by atoms with E-state index in [0.717, 1.165) is 28.3 Å². The van der Waals surface area contributed by atoms with Gasteiger partial charge in [-0.2, -0.15) is 13.2 Å². The Labute approximate surface area is 188 Å². The minimum absolute atomic E-state index is 0.0151. The maximum Gasteiger partial charge on any atom is 0.416 e. The molecule has 0 amide bonds. The molecule has 0 aliphatic rings. The van der Waals surface area contributed by atoms with E-state index in [9.17, 15) is 18.0 Å². The monoisotopic (exact) mass is 463 g/mol. The second-order valence-corrected chi connectivity index (χ2v) is 8.70. The number of carbonyl (C=O) groups excluding carboxylic acids is 1. The molecule has 0 radical (unpaired) electrons. The minimum Gasteiger partial charge on any atom is -0.488 e. The molecule has 0 saturated carbocycles. The summed E-state index contributed by atoms with van der Waals surface area (Å²) in [7, 11) is 0. The zero-order valence-electron chi connectivity index (χ0n) is 18.0. The van der Waals surface area contributed by atoms with Crippen molar-refractivity contribution >= 4 is 17.1 Å². The molecule has 1 atom stereocenters. The number of alkyl halides is 3. The number of aliphatic hydroxyl groups excluding tert-OH is 1. The van der Waals surface area contributed by atoms with Gasteiger partial charge in [0.05, 0.1) is 17.9 Å². The first kappa shape index (κ1) is 23.9. The number of nitrogens with zero attached hydrogens (tertiary/aromatic N) is 1. The molecule has 3 aromatic rings. The molecule has 1 aromatic heterocycles. The van der Waals surface area contributed by atoms with Gasteiger partial charge in [-0.1, -0.05) is 12.1 Å². The van der Waals surface area contributed by atoms with Crippen LogP contribution in [0, 0.1) is 13.8 Å². The van der Waals surface area contributed by atoms with E-state index in [0.29, 0.717) is 34.7 Å². The van der Waals surface area contributed by atoms with E-state index in [1.165, 1.54) is 23.5 Å². The van der Waals surface area contributed by atoms with Crippen LogP contribution in [0.15, 0.2) is 42.5 Å². The van der Waals surface area contributed by atoms with Crippen LogP contribution in [0.3, 0.4) is 0 Å². The van der Waals surface area contributed by atoms with Gasteiger partial charge in [0.1, 0.15) is 16.9 Å². The largest absolute Gasteiger partial charge is 0.488 e. The summed E-state index contributed by atoms with van der Waals surface area (Å²) in [6.45, 7) is 5.35. The van der Waals surface area contributed by atoms with Crippen molar-refractivity contribution in [1.29, 1.82) is 0 Å². The van der Waals surface area contributed by atoms with Crippen LogP contribution < -0.4 is 4.74 Å². The van der Waals surface area contributed by atoms with E-state index >= 15 is 0 Å².